The van der Waals surface area contributed by atoms with Gasteiger partial charge in [-0.25, -0.2) is 4.98 Å². The molecular formula is C16H17FN2O. The predicted molar refractivity (Wildman–Crippen MR) is 76.0 cm³/mol. The van der Waals surface area contributed by atoms with E-state index < -0.39 is 5.95 Å². The van der Waals surface area contributed by atoms with Gasteiger partial charge in [0.1, 0.15) is 5.69 Å². The second-order valence-corrected chi connectivity index (χ2v) is 5.28. The van der Waals surface area contributed by atoms with E-state index in [0.29, 0.717) is 6.54 Å². The Kier molecular flexibility index (Phi) is 4.13. The summed E-state index contributed by atoms with van der Waals surface area (Å²) in [5, 5.41) is 2.80. The van der Waals surface area contributed by atoms with Gasteiger partial charge in [-0.2, -0.15) is 4.39 Å². The molecule has 1 aromatic carbocycles. The molecule has 104 valence electrons. The maximum absolute atomic E-state index is 13.0. The normalized spacial score (nSPS) is 11.2. The SMILES string of the molecule is CC(C)(CNC(=O)c1cccc(F)n1)c1ccccc1. The minimum Gasteiger partial charge on any atom is -0.350 e. The molecule has 0 aliphatic rings. The molecule has 0 unspecified atom stereocenters. The average molecular weight is 272 g/mol. The molecule has 1 amide bonds. The lowest BCUT2D eigenvalue weighted by Gasteiger charge is -2.25. The second kappa shape index (κ2) is 5.82. The van der Waals surface area contributed by atoms with Crippen molar-refractivity contribution < 1.29 is 9.18 Å². The number of carbonyl (C=O) groups is 1. The van der Waals surface area contributed by atoms with E-state index in [1.165, 1.54) is 18.2 Å². The highest BCUT2D eigenvalue weighted by Gasteiger charge is 2.21. The van der Waals surface area contributed by atoms with Gasteiger partial charge in [-0.3, -0.25) is 4.79 Å². The van der Waals surface area contributed by atoms with Gasteiger partial charge >= 0.3 is 0 Å². The zero-order valence-corrected chi connectivity index (χ0v) is 11.6. The first-order valence-corrected chi connectivity index (χ1v) is 6.45. The number of halogens is 1. The Bertz CT molecular complexity index is 596. The van der Waals surface area contributed by atoms with Crippen molar-refractivity contribution in [3.05, 3.63) is 65.7 Å². The van der Waals surface area contributed by atoms with Crippen molar-refractivity contribution in [2.24, 2.45) is 0 Å². The predicted octanol–water partition coefficient (Wildman–Crippen LogP) is 2.93. The average Bonchev–Trinajstić information content (AvgIpc) is 2.46. The van der Waals surface area contributed by atoms with Crippen LogP contribution in [0.1, 0.15) is 29.9 Å². The smallest absolute Gasteiger partial charge is 0.270 e. The van der Waals surface area contributed by atoms with Crippen LogP contribution in [0.4, 0.5) is 4.39 Å². The standard InChI is InChI=1S/C16H17FN2O/c1-16(2,12-7-4-3-5-8-12)11-18-15(20)13-9-6-10-14(17)19-13/h3-10H,11H2,1-2H3,(H,18,20). The summed E-state index contributed by atoms with van der Waals surface area (Å²) in [6.45, 7) is 4.54. The summed E-state index contributed by atoms with van der Waals surface area (Å²) in [7, 11) is 0. The molecule has 1 heterocycles. The Labute approximate surface area is 117 Å². The molecule has 20 heavy (non-hydrogen) atoms. The molecule has 2 rings (SSSR count). The molecule has 1 aromatic heterocycles. The molecule has 0 aliphatic carbocycles. The Morgan fingerprint density at radius 3 is 2.50 bits per heavy atom. The van der Waals surface area contributed by atoms with Crippen molar-refractivity contribution in [2.75, 3.05) is 6.54 Å². The van der Waals surface area contributed by atoms with Crippen molar-refractivity contribution in [2.45, 2.75) is 19.3 Å². The van der Waals surface area contributed by atoms with E-state index in [2.05, 4.69) is 10.3 Å². The van der Waals surface area contributed by atoms with Crippen LogP contribution in [0, 0.1) is 5.95 Å². The van der Waals surface area contributed by atoms with Crippen molar-refractivity contribution in [1.29, 1.82) is 0 Å². The van der Waals surface area contributed by atoms with Crippen LogP contribution in [-0.2, 0) is 5.41 Å². The van der Waals surface area contributed by atoms with Crippen LogP contribution < -0.4 is 5.32 Å². The van der Waals surface area contributed by atoms with Gasteiger partial charge in [-0.15, -0.1) is 0 Å². The second-order valence-electron chi connectivity index (χ2n) is 5.28. The largest absolute Gasteiger partial charge is 0.350 e. The van der Waals surface area contributed by atoms with E-state index in [1.807, 2.05) is 44.2 Å². The van der Waals surface area contributed by atoms with Crippen molar-refractivity contribution in [1.82, 2.24) is 10.3 Å². The van der Waals surface area contributed by atoms with E-state index in [-0.39, 0.29) is 17.0 Å². The number of pyridine rings is 1. The van der Waals surface area contributed by atoms with Crippen LogP contribution >= 0.6 is 0 Å². The first kappa shape index (κ1) is 14.2. The fourth-order valence-corrected chi connectivity index (χ4v) is 1.92. The number of nitrogens with one attached hydrogen (secondary N) is 1. The number of aromatic nitrogens is 1. The fraction of sp³-hybridized carbons (Fsp3) is 0.250. The van der Waals surface area contributed by atoms with Gasteiger partial charge in [-0.1, -0.05) is 50.2 Å². The molecule has 2 aromatic rings. The van der Waals surface area contributed by atoms with E-state index in [0.717, 1.165) is 5.56 Å². The third-order valence-corrected chi connectivity index (χ3v) is 3.19. The number of carbonyl (C=O) groups excluding carboxylic acids is 1. The lowest BCUT2D eigenvalue weighted by Crippen LogP contribution is -2.37. The quantitative estimate of drug-likeness (QED) is 0.869. The first-order chi connectivity index (χ1) is 9.49. The fourth-order valence-electron chi connectivity index (χ4n) is 1.92. The third kappa shape index (κ3) is 3.41. The van der Waals surface area contributed by atoms with E-state index in [9.17, 15) is 9.18 Å². The minimum absolute atomic E-state index is 0.0915. The summed E-state index contributed by atoms with van der Waals surface area (Å²) in [4.78, 5) is 15.5. The van der Waals surface area contributed by atoms with Crippen LogP contribution in [-0.4, -0.2) is 17.4 Å². The Morgan fingerprint density at radius 2 is 1.85 bits per heavy atom. The lowest BCUT2D eigenvalue weighted by atomic mass is 9.84. The van der Waals surface area contributed by atoms with E-state index >= 15 is 0 Å². The van der Waals surface area contributed by atoms with Crippen molar-refractivity contribution >= 4 is 5.91 Å². The number of hydrogen-bond acceptors (Lipinski definition) is 2. The van der Waals surface area contributed by atoms with Gasteiger partial charge in [0.05, 0.1) is 0 Å². The number of hydrogen-bond donors (Lipinski definition) is 1. The molecular weight excluding hydrogens is 255 g/mol. The number of nitrogens with zero attached hydrogens (tertiary/aromatic N) is 1. The molecule has 0 bridgehead atoms. The molecule has 0 atom stereocenters. The minimum atomic E-state index is -0.653. The molecule has 0 radical (unpaired) electrons. The van der Waals surface area contributed by atoms with Gasteiger partial charge in [0.15, 0.2) is 0 Å². The van der Waals surface area contributed by atoms with Crippen LogP contribution in [0.2, 0.25) is 0 Å². The van der Waals surface area contributed by atoms with Crippen LogP contribution in [0.25, 0.3) is 0 Å². The highest BCUT2D eigenvalue weighted by atomic mass is 19.1. The number of amides is 1. The Morgan fingerprint density at radius 1 is 1.15 bits per heavy atom. The summed E-state index contributed by atoms with van der Waals surface area (Å²) in [6.07, 6.45) is 0. The maximum atomic E-state index is 13.0. The molecule has 0 fully saturated rings. The van der Waals surface area contributed by atoms with Gasteiger partial charge in [0.25, 0.3) is 5.91 Å². The van der Waals surface area contributed by atoms with Gasteiger partial charge in [-0.05, 0) is 17.7 Å². The summed E-state index contributed by atoms with van der Waals surface area (Å²) in [6, 6.07) is 14.1. The molecule has 1 N–H and O–H groups in total. The molecule has 0 saturated heterocycles. The monoisotopic (exact) mass is 272 g/mol. The first-order valence-electron chi connectivity index (χ1n) is 6.45. The number of benzene rings is 1. The summed E-state index contributed by atoms with van der Waals surface area (Å²) in [5.41, 5.74) is 1.02. The van der Waals surface area contributed by atoms with Gasteiger partial charge in [0, 0.05) is 12.0 Å². The molecule has 4 heteroatoms. The lowest BCUT2D eigenvalue weighted by molar-refractivity contribution is 0.0939. The van der Waals surface area contributed by atoms with E-state index in [4.69, 9.17) is 0 Å². The Hall–Kier alpha value is -2.23. The van der Waals surface area contributed by atoms with Crippen LogP contribution in [0.15, 0.2) is 48.5 Å². The van der Waals surface area contributed by atoms with Gasteiger partial charge < -0.3 is 5.32 Å². The topological polar surface area (TPSA) is 42.0 Å². The molecule has 0 saturated carbocycles. The van der Waals surface area contributed by atoms with Crippen molar-refractivity contribution in [3.63, 3.8) is 0 Å². The van der Waals surface area contributed by atoms with Crippen molar-refractivity contribution in [3.8, 4) is 0 Å². The van der Waals surface area contributed by atoms with Crippen LogP contribution in [0.5, 0.6) is 0 Å². The summed E-state index contributed by atoms with van der Waals surface area (Å²) < 4.78 is 13.0. The maximum Gasteiger partial charge on any atom is 0.270 e. The Balaban J connectivity index is 2.03. The molecule has 0 aliphatic heterocycles. The highest BCUT2D eigenvalue weighted by Crippen LogP contribution is 2.21. The summed E-state index contributed by atoms with van der Waals surface area (Å²) >= 11 is 0. The zero-order valence-electron chi connectivity index (χ0n) is 11.6. The number of rotatable bonds is 4. The van der Waals surface area contributed by atoms with Crippen LogP contribution in [0.3, 0.4) is 0 Å². The van der Waals surface area contributed by atoms with Gasteiger partial charge in [0.2, 0.25) is 5.95 Å². The summed E-state index contributed by atoms with van der Waals surface area (Å²) in [5.74, 6) is -1.02. The molecule has 0 spiro atoms. The van der Waals surface area contributed by atoms with E-state index in [1.54, 1.807) is 0 Å². The molecule has 3 nitrogen and oxygen atoms in total. The third-order valence-electron chi connectivity index (χ3n) is 3.19. The zero-order chi connectivity index (χ0) is 14.6. The highest BCUT2D eigenvalue weighted by molar-refractivity contribution is 5.92.